The van der Waals surface area contributed by atoms with E-state index in [-0.39, 0.29) is 6.61 Å². The highest BCUT2D eigenvalue weighted by molar-refractivity contribution is 5.89. The molecule has 1 unspecified atom stereocenters. The van der Waals surface area contributed by atoms with Gasteiger partial charge >= 0.3 is 0 Å². The van der Waals surface area contributed by atoms with Gasteiger partial charge < -0.3 is 20.4 Å². The number of hydrogen-bond acceptors (Lipinski definition) is 9. The fourth-order valence-electron chi connectivity index (χ4n) is 4.45. The monoisotopic (exact) mass is 435 g/mol. The van der Waals surface area contributed by atoms with E-state index in [4.69, 9.17) is 15.0 Å². The maximum atomic E-state index is 10.1. The normalized spacial score (nSPS) is 17.5. The number of β-amino-alcohol motifs (C(OH)–C–C–N with tert-alkyl or cyclic N) is 1. The summed E-state index contributed by atoms with van der Waals surface area (Å²) in [6.45, 7) is 5.94. The summed E-state index contributed by atoms with van der Waals surface area (Å²) in [5.74, 6) is 1.98. The van der Waals surface area contributed by atoms with Crippen LogP contribution in [-0.4, -0.2) is 61.3 Å². The zero-order valence-corrected chi connectivity index (χ0v) is 18.3. The Bertz CT molecular complexity index is 1110. The SMILES string of the molecule is CC(O)c1cc2cnc(Nc3ccc4c(n3)CN(CCO)C4)nc2c(N2CCCCC2)n1. The maximum absolute atomic E-state index is 10.1. The Morgan fingerprint density at radius 2 is 1.94 bits per heavy atom. The molecule has 0 aliphatic carbocycles. The van der Waals surface area contributed by atoms with E-state index in [0.29, 0.717) is 24.0 Å². The zero-order chi connectivity index (χ0) is 22.1. The molecule has 9 nitrogen and oxygen atoms in total. The molecule has 0 bridgehead atoms. The highest BCUT2D eigenvalue weighted by Crippen LogP contribution is 2.30. The zero-order valence-electron chi connectivity index (χ0n) is 18.3. The smallest absolute Gasteiger partial charge is 0.229 e. The molecule has 5 rings (SSSR count). The molecule has 0 saturated carbocycles. The van der Waals surface area contributed by atoms with Crippen molar-refractivity contribution in [3.63, 3.8) is 0 Å². The topological polar surface area (TPSA) is 111 Å². The van der Waals surface area contributed by atoms with Crippen LogP contribution in [0.4, 0.5) is 17.6 Å². The van der Waals surface area contributed by atoms with Gasteiger partial charge in [0.25, 0.3) is 0 Å². The molecule has 2 aliphatic rings. The molecule has 0 spiro atoms. The highest BCUT2D eigenvalue weighted by atomic mass is 16.3. The van der Waals surface area contributed by atoms with Crippen molar-refractivity contribution < 1.29 is 10.2 Å². The number of aliphatic hydroxyl groups is 2. The molecular formula is C23H29N7O2. The number of nitrogens with one attached hydrogen (secondary N) is 1. The Labute approximate surface area is 187 Å². The summed E-state index contributed by atoms with van der Waals surface area (Å²) in [4.78, 5) is 23.2. The molecule has 3 aromatic rings. The number of aromatic nitrogens is 4. The first-order valence-electron chi connectivity index (χ1n) is 11.3. The summed E-state index contributed by atoms with van der Waals surface area (Å²) in [5.41, 5.74) is 3.62. The van der Waals surface area contributed by atoms with Crippen molar-refractivity contribution >= 4 is 28.5 Å². The highest BCUT2D eigenvalue weighted by Gasteiger charge is 2.21. The van der Waals surface area contributed by atoms with Crippen molar-refractivity contribution in [1.82, 2.24) is 24.8 Å². The van der Waals surface area contributed by atoms with Crippen LogP contribution in [0.5, 0.6) is 0 Å². The summed E-state index contributed by atoms with van der Waals surface area (Å²) >= 11 is 0. The molecule has 2 aliphatic heterocycles. The molecule has 32 heavy (non-hydrogen) atoms. The second-order valence-electron chi connectivity index (χ2n) is 8.59. The van der Waals surface area contributed by atoms with Gasteiger partial charge in [0.15, 0.2) is 5.82 Å². The van der Waals surface area contributed by atoms with E-state index >= 15 is 0 Å². The van der Waals surface area contributed by atoms with Crippen LogP contribution in [-0.2, 0) is 13.1 Å². The predicted octanol–water partition coefficient (Wildman–Crippen LogP) is 2.51. The van der Waals surface area contributed by atoms with Crippen LogP contribution in [0, 0.1) is 0 Å². The van der Waals surface area contributed by atoms with E-state index in [9.17, 15) is 10.2 Å². The quantitative estimate of drug-likeness (QED) is 0.538. The molecule has 3 N–H and O–H groups in total. The number of pyridine rings is 2. The van der Waals surface area contributed by atoms with Crippen LogP contribution in [0.3, 0.4) is 0 Å². The van der Waals surface area contributed by atoms with Crippen molar-refractivity contribution in [1.29, 1.82) is 0 Å². The van der Waals surface area contributed by atoms with E-state index in [1.54, 1.807) is 13.1 Å². The lowest BCUT2D eigenvalue weighted by molar-refractivity contribution is 0.194. The molecule has 3 aromatic heterocycles. The summed E-state index contributed by atoms with van der Waals surface area (Å²) < 4.78 is 0. The Balaban J connectivity index is 1.46. The molecule has 0 aromatic carbocycles. The molecule has 1 fully saturated rings. The van der Waals surface area contributed by atoms with Gasteiger partial charge in [0.2, 0.25) is 5.95 Å². The number of piperidine rings is 1. The first-order chi connectivity index (χ1) is 15.6. The Hall–Kier alpha value is -2.88. The van der Waals surface area contributed by atoms with Crippen molar-refractivity contribution in [2.45, 2.75) is 45.4 Å². The third-order valence-corrected chi connectivity index (χ3v) is 6.14. The van der Waals surface area contributed by atoms with Crippen LogP contribution in [0.1, 0.15) is 49.2 Å². The van der Waals surface area contributed by atoms with Crippen LogP contribution in [0.15, 0.2) is 24.4 Å². The number of aliphatic hydroxyl groups excluding tert-OH is 2. The van der Waals surface area contributed by atoms with Gasteiger partial charge in [-0.05, 0) is 43.9 Å². The van der Waals surface area contributed by atoms with E-state index in [2.05, 4.69) is 26.2 Å². The van der Waals surface area contributed by atoms with Crippen LogP contribution in [0.25, 0.3) is 10.9 Å². The third kappa shape index (κ3) is 4.23. The largest absolute Gasteiger partial charge is 0.395 e. The Morgan fingerprint density at radius 3 is 2.72 bits per heavy atom. The van der Waals surface area contributed by atoms with Gasteiger partial charge in [0, 0.05) is 44.3 Å². The Kier molecular flexibility index (Phi) is 5.86. The molecule has 1 saturated heterocycles. The second kappa shape index (κ2) is 8.93. The molecule has 168 valence electrons. The van der Waals surface area contributed by atoms with Crippen LogP contribution < -0.4 is 10.2 Å². The van der Waals surface area contributed by atoms with Crippen LogP contribution >= 0.6 is 0 Å². The number of fused-ring (bicyclic) bond motifs is 2. The molecule has 5 heterocycles. The van der Waals surface area contributed by atoms with Gasteiger partial charge in [0.05, 0.1) is 24.1 Å². The second-order valence-corrected chi connectivity index (χ2v) is 8.59. The number of rotatable bonds is 6. The van der Waals surface area contributed by atoms with Crippen LogP contribution in [0.2, 0.25) is 0 Å². The Morgan fingerprint density at radius 1 is 1.09 bits per heavy atom. The lowest BCUT2D eigenvalue weighted by Crippen LogP contribution is -2.30. The fourth-order valence-corrected chi connectivity index (χ4v) is 4.45. The van der Waals surface area contributed by atoms with E-state index in [1.165, 1.54) is 12.0 Å². The lowest BCUT2D eigenvalue weighted by atomic mass is 10.1. The van der Waals surface area contributed by atoms with Gasteiger partial charge in [0.1, 0.15) is 11.3 Å². The molecule has 1 atom stereocenters. The van der Waals surface area contributed by atoms with E-state index in [0.717, 1.165) is 61.4 Å². The maximum Gasteiger partial charge on any atom is 0.229 e. The summed E-state index contributed by atoms with van der Waals surface area (Å²) in [6.07, 6.45) is 4.62. The van der Waals surface area contributed by atoms with Crippen molar-refractivity contribution in [3.05, 3.63) is 41.3 Å². The van der Waals surface area contributed by atoms with Gasteiger partial charge in [-0.2, -0.15) is 0 Å². The summed E-state index contributed by atoms with van der Waals surface area (Å²) in [7, 11) is 0. The standard InChI is InChI=1S/C23H29N7O2/c1-15(32)18-11-17-12-24-23(28-21(17)22(26-18)30-7-3-2-4-8-30)27-20-6-5-16-13-29(9-10-31)14-19(16)25-20/h5-6,11-12,15,31-32H,2-4,7-10,13-14H2,1H3,(H,24,25,27,28). The minimum absolute atomic E-state index is 0.147. The predicted molar refractivity (Wildman–Crippen MR) is 123 cm³/mol. The van der Waals surface area contributed by atoms with Crippen molar-refractivity contribution in [3.8, 4) is 0 Å². The molecule has 9 heteroatoms. The fraction of sp³-hybridized carbons (Fsp3) is 0.478. The first-order valence-corrected chi connectivity index (χ1v) is 11.3. The van der Waals surface area contributed by atoms with E-state index < -0.39 is 6.10 Å². The molecule has 0 amide bonds. The number of hydrogen-bond donors (Lipinski definition) is 3. The van der Waals surface area contributed by atoms with Gasteiger partial charge in [-0.3, -0.25) is 4.90 Å². The van der Waals surface area contributed by atoms with E-state index in [1.807, 2.05) is 12.1 Å². The van der Waals surface area contributed by atoms with Crippen molar-refractivity contribution in [2.75, 3.05) is 36.5 Å². The molecule has 0 radical (unpaired) electrons. The average Bonchev–Trinajstić information content (AvgIpc) is 3.21. The minimum atomic E-state index is -0.651. The first kappa shape index (κ1) is 21.0. The lowest BCUT2D eigenvalue weighted by Gasteiger charge is -2.29. The minimum Gasteiger partial charge on any atom is -0.395 e. The molecular weight excluding hydrogens is 406 g/mol. The van der Waals surface area contributed by atoms with Gasteiger partial charge in [-0.15, -0.1) is 0 Å². The van der Waals surface area contributed by atoms with Gasteiger partial charge in [-0.1, -0.05) is 6.07 Å². The summed E-state index contributed by atoms with van der Waals surface area (Å²) in [5, 5.41) is 23.4. The number of anilines is 3. The van der Waals surface area contributed by atoms with Gasteiger partial charge in [-0.25, -0.2) is 19.9 Å². The number of nitrogens with zero attached hydrogens (tertiary/aromatic N) is 6. The average molecular weight is 436 g/mol. The van der Waals surface area contributed by atoms with Crippen molar-refractivity contribution in [2.24, 2.45) is 0 Å². The summed E-state index contributed by atoms with van der Waals surface area (Å²) in [6, 6.07) is 5.87. The third-order valence-electron chi connectivity index (χ3n) is 6.14.